The first-order chi connectivity index (χ1) is 10.1. The summed E-state index contributed by atoms with van der Waals surface area (Å²) in [6.45, 7) is 0. The van der Waals surface area contributed by atoms with E-state index in [1.165, 1.54) is 19.3 Å². The van der Waals surface area contributed by atoms with Crippen LogP contribution < -0.4 is 5.32 Å². The number of amides is 1. The van der Waals surface area contributed by atoms with Crippen molar-refractivity contribution in [1.29, 1.82) is 0 Å². The predicted octanol–water partition coefficient (Wildman–Crippen LogP) is 2.54. The number of anilines is 1. The summed E-state index contributed by atoms with van der Waals surface area (Å²) in [5.74, 6) is 2.15. The molecule has 3 fully saturated rings. The maximum Gasteiger partial charge on any atom is 0.307 e. The fourth-order valence-corrected chi connectivity index (χ4v) is 4.85. The van der Waals surface area contributed by atoms with Gasteiger partial charge in [-0.05, 0) is 54.6 Å². The van der Waals surface area contributed by atoms with Crippen molar-refractivity contribution < 1.29 is 14.7 Å². The molecule has 4 nitrogen and oxygen atoms in total. The Balaban J connectivity index is 1.47. The number of carbonyl (C=O) groups is 2. The van der Waals surface area contributed by atoms with Crippen molar-refractivity contribution in [3.8, 4) is 0 Å². The maximum atomic E-state index is 12.5. The summed E-state index contributed by atoms with van der Waals surface area (Å²) in [6, 6.07) is 7.20. The number of carboxylic acids is 1. The van der Waals surface area contributed by atoms with Gasteiger partial charge in [0.2, 0.25) is 5.91 Å². The molecule has 0 aromatic heterocycles. The monoisotopic (exact) mass is 285 g/mol. The largest absolute Gasteiger partial charge is 0.481 e. The first-order valence-electron chi connectivity index (χ1n) is 7.75. The number of fused-ring (bicyclic) bond motifs is 5. The molecule has 110 valence electrons. The van der Waals surface area contributed by atoms with Crippen molar-refractivity contribution >= 4 is 17.6 Å². The van der Waals surface area contributed by atoms with E-state index in [0.29, 0.717) is 23.1 Å². The van der Waals surface area contributed by atoms with E-state index < -0.39 is 5.97 Å². The summed E-state index contributed by atoms with van der Waals surface area (Å²) < 4.78 is 0. The number of para-hydroxylation sites is 1. The van der Waals surface area contributed by atoms with Crippen LogP contribution >= 0.6 is 0 Å². The van der Waals surface area contributed by atoms with Gasteiger partial charge in [0.15, 0.2) is 0 Å². The average molecular weight is 285 g/mol. The number of carbonyl (C=O) groups excluding carboxylic acids is 1. The fraction of sp³-hybridized carbons (Fsp3) is 0.529. The van der Waals surface area contributed by atoms with E-state index in [2.05, 4.69) is 5.32 Å². The molecule has 3 aliphatic carbocycles. The average Bonchev–Trinajstić information content (AvgIpc) is 2.89. The highest BCUT2D eigenvalue weighted by atomic mass is 16.4. The number of aliphatic carboxylic acids is 1. The maximum absolute atomic E-state index is 12.5. The molecule has 1 aromatic rings. The van der Waals surface area contributed by atoms with Crippen LogP contribution in [0.1, 0.15) is 24.8 Å². The molecule has 0 heterocycles. The van der Waals surface area contributed by atoms with Crippen LogP contribution in [-0.4, -0.2) is 17.0 Å². The topological polar surface area (TPSA) is 66.4 Å². The highest BCUT2D eigenvalue weighted by Gasteiger charge is 2.67. The van der Waals surface area contributed by atoms with Crippen LogP contribution in [0.2, 0.25) is 0 Å². The third-order valence-corrected chi connectivity index (χ3v) is 5.65. The zero-order valence-electron chi connectivity index (χ0n) is 11.8. The number of nitrogens with one attached hydrogen (secondary N) is 1. The molecule has 2 bridgehead atoms. The number of rotatable bonds is 4. The smallest absolute Gasteiger partial charge is 0.307 e. The molecule has 0 aliphatic heterocycles. The molecule has 4 rings (SSSR count). The zero-order valence-corrected chi connectivity index (χ0v) is 11.8. The summed E-state index contributed by atoms with van der Waals surface area (Å²) in [5, 5.41) is 11.9. The molecule has 1 aromatic carbocycles. The van der Waals surface area contributed by atoms with Gasteiger partial charge in [-0.25, -0.2) is 0 Å². The fourth-order valence-electron chi connectivity index (χ4n) is 4.85. The van der Waals surface area contributed by atoms with Gasteiger partial charge in [0.1, 0.15) is 0 Å². The van der Waals surface area contributed by atoms with E-state index in [1.54, 1.807) is 18.2 Å². The van der Waals surface area contributed by atoms with Gasteiger partial charge < -0.3 is 10.4 Å². The SMILES string of the molecule is O=C(O)Cc1ccccc1NC(=O)C1C2C3CCC(C3)C12. The Hall–Kier alpha value is -1.84. The van der Waals surface area contributed by atoms with Crippen LogP contribution in [0.25, 0.3) is 0 Å². The van der Waals surface area contributed by atoms with Gasteiger partial charge in [0, 0.05) is 11.6 Å². The van der Waals surface area contributed by atoms with Crippen LogP contribution in [0, 0.1) is 29.6 Å². The van der Waals surface area contributed by atoms with Gasteiger partial charge in [0.25, 0.3) is 0 Å². The molecule has 0 saturated heterocycles. The molecule has 0 radical (unpaired) electrons. The minimum atomic E-state index is -0.877. The molecule has 1 amide bonds. The van der Waals surface area contributed by atoms with Gasteiger partial charge in [0.05, 0.1) is 6.42 Å². The molecule has 0 spiro atoms. The van der Waals surface area contributed by atoms with E-state index >= 15 is 0 Å². The lowest BCUT2D eigenvalue weighted by Gasteiger charge is -2.12. The third kappa shape index (κ3) is 2.04. The molecule has 4 atom stereocenters. The molecule has 3 aliphatic rings. The molecule has 4 heteroatoms. The van der Waals surface area contributed by atoms with Crippen LogP contribution in [0.3, 0.4) is 0 Å². The van der Waals surface area contributed by atoms with Gasteiger partial charge in [-0.3, -0.25) is 9.59 Å². The second kappa shape index (κ2) is 4.58. The quantitative estimate of drug-likeness (QED) is 0.893. The first-order valence-corrected chi connectivity index (χ1v) is 7.75. The van der Waals surface area contributed by atoms with Crippen LogP contribution in [-0.2, 0) is 16.0 Å². The van der Waals surface area contributed by atoms with Crippen molar-refractivity contribution in [2.45, 2.75) is 25.7 Å². The zero-order chi connectivity index (χ0) is 14.6. The predicted molar refractivity (Wildman–Crippen MR) is 77.7 cm³/mol. The first kappa shape index (κ1) is 12.9. The van der Waals surface area contributed by atoms with Gasteiger partial charge in [-0.2, -0.15) is 0 Å². The Morgan fingerprint density at radius 1 is 1.14 bits per heavy atom. The number of hydrogen-bond donors (Lipinski definition) is 2. The van der Waals surface area contributed by atoms with Gasteiger partial charge in [-0.1, -0.05) is 18.2 Å². The normalized spacial score (nSPS) is 35.3. The van der Waals surface area contributed by atoms with E-state index in [1.807, 2.05) is 6.07 Å². The van der Waals surface area contributed by atoms with Crippen molar-refractivity contribution in [1.82, 2.24) is 0 Å². The van der Waals surface area contributed by atoms with E-state index in [4.69, 9.17) is 5.11 Å². The van der Waals surface area contributed by atoms with E-state index in [-0.39, 0.29) is 18.2 Å². The second-order valence-corrected chi connectivity index (χ2v) is 6.73. The molecule has 4 unspecified atom stereocenters. The van der Waals surface area contributed by atoms with E-state index in [9.17, 15) is 9.59 Å². The summed E-state index contributed by atoms with van der Waals surface area (Å²) in [7, 11) is 0. The Kier molecular flexibility index (Phi) is 2.81. The van der Waals surface area contributed by atoms with Crippen LogP contribution in [0.15, 0.2) is 24.3 Å². The molecular formula is C17H19NO3. The van der Waals surface area contributed by atoms with E-state index in [0.717, 1.165) is 11.8 Å². The Morgan fingerprint density at radius 2 is 1.81 bits per heavy atom. The van der Waals surface area contributed by atoms with Crippen molar-refractivity contribution in [2.24, 2.45) is 29.6 Å². The molecular weight excluding hydrogens is 266 g/mol. The Labute approximate surface area is 123 Å². The lowest BCUT2D eigenvalue weighted by atomic mass is 10.0. The standard InChI is InChI=1S/C17H19NO3/c19-13(20)8-9-3-1-2-4-12(9)18-17(21)16-14-10-5-6-11(7-10)15(14)16/h1-4,10-11,14-16H,5-8H2,(H,18,21)(H,19,20). The van der Waals surface area contributed by atoms with Crippen molar-refractivity contribution in [3.63, 3.8) is 0 Å². The summed E-state index contributed by atoms with van der Waals surface area (Å²) in [5.41, 5.74) is 1.33. The third-order valence-electron chi connectivity index (χ3n) is 5.65. The number of carboxylic acid groups (broad SMARTS) is 1. The summed E-state index contributed by atoms with van der Waals surface area (Å²) in [4.78, 5) is 23.4. The van der Waals surface area contributed by atoms with Crippen molar-refractivity contribution in [2.75, 3.05) is 5.32 Å². The lowest BCUT2D eigenvalue weighted by molar-refractivity contribution is -0.136. The van der Waals surface area contributed by atoms with Gasteiger partial charge >= 0.3 is 5.97 Å². The summed E-state index contributed by atoms with van der Waals surface area (Å²) in [6.07, 6.45) is 3.87. The Bertz CT molecular complexity index is 596. The molecule has 3 saturated carbocycles. The van der Waals surface area contributed by atoms with Crippen LogP contribution in [0.4, 0.5) is 5.69 Å². The van der Waals surface area contributed by atoms with Gasteiger partial charge in [-0.15, -0.1) is 0 Å². The number of benzene rings is 1. The number of hydrogen-bond acceptors (Lipinski definition) is 2. The lowest BCUT2D eigenvalue weighted by Crippen LogP contribution is -2.19. The second-order valence-electron chi connectivity index (χ2n) is 6.73. The summed E-state index contributed by atoms with van der Waals surface area (Å²) >= 11 is 0. The highest BCUT2D eigenvalue weighted by molar-refractivity contribution is 5.96. The minimum absolute atomic E-state index is 0.0563. The molecule has 2 N–H and O–H groups in total. The Morgan fingerprint density at radius 3 is 2.48 bits per heavy atom. The minimum Gasteiger partial charge on any atom is -0.481 e. The molecule has 21 heavy (non-hydrogen) atoms. The van der Waals surface area contributed by atoms with Crippen LogP contribution in [0.5, 0.6) is 0 Å². The van der Waals surface area contributed by atoms with Crippen molar-refractivity contribution in [3.05, 3.63) is 29.8 Å². The highest BCUT2D eigenvalue weighted by Crippen LogP contribution is 2.69.